The van der Waals surface area contributed by atoms with Crippen LogP contribution in [0.4, 0.5) is 0 Å². The summed E-state index contributed by atoms with van der Waals surface area (Å²) in [5, 5.41) is 18.0. The van der Waals surface area contributed by atoms with Gasteiger partial charge in [-0.1, -0.05) is 36.8 Å². The highest BCUT2D eigenvalue weighted by molar-refractivity contribution is 5.99. The van der Waals surface area contributed by atoms with Gasteiger partial charge >= 0.3 is 0 Å². The lowest BCUT2D eigenvalue weighted by Gasteiger charge is -2.36. The predicted octanol–water partition coefficient (Wildman–Crippen LogP) is -0.00860. The van der Waals surface area contributed by atoms with Gasteiger partial charge in [0.25, 0.3) is 5.91 Å². The molecule has 198 valence electrons. The summed E-state index contributed by atoms with van der Waals surface area (Å²) in [6.45, 7) is 0.177. The summed E-state index contributed by atoms with van der Waals surface area (Å²) in [5.41, 5.74) is -0.555. The number of rotatable bonds is 8. The van der Waals surface area contributed by atoms with Crippen molar-refractivity contribution in [2.75, 3.05) is 19.7 Å². The molecule has 3 heterocycles. The first kappa shape index (κ1) is 25.4. The molecule has 0 aromatic heterocycles. The lowest BCUT2D eigenvalue weighted by Crippen LogP contribution is -2.59. The van der Waals surface area contributed by atoms with Crippen molar-refractivity contribution >= 4 is 29.4 Å². The van der Waals surface area contributed by atoms with Gasteiger partial charge in [0, 0.05) is 25.4 Å². The molecule has 0 unspecified atom stereocenters. The maximum Gasteiger partial charge on any atom is 0.253 e. The molecule has 0 spiro atoms. The van der Waals surface area contributed by atoms with Crippen molar-refractivity contribution in [2.45, 2.75) is 62.6 Å². The third-order valence-corrected chi connectivity index (χ3v) is 8.68. The highest BCUT2D eigenvalue weighted by Crippen LogP contribution is 2.45. The number of carbonyl (C=O) groups excluding carboxylic acids is 5. The highest BCUT2D eigenvalue weighted by atomic mass is 16.3. The fourth-order valence-corrected chi connectivity index (χ4v) is 6.78. The number of amides is 4. The SMILES string of the molecule is O=C1CC[C@@](C(=O)N2C[C@@H]3CCC[C@@H]3[C@@H]2C(=O)N[C@H](C[C@H]2CCNC2=O)C(=O)CO)(c2ccccc2)N1. The van der Waals surface area contributed by atoms with Crippen molar-refractivity contribution in [3.05, 3.63) is 35.9 Å². The van der Waals surface area contributed by atoms with Crippen molar-refractivity contribution in [1.29, 1.82) is 0 Å². The number of ketones is 1. The molecular formula is C27H34N4O6. The van der Waals surface area contributed by atoms with Gasteiger partial charge in [-0.25, -0.2) is 0 Å². The Labute approximate surface area is 215 Å². The maximum absolute atomic E-state index is 14.2. The first-order valence-electron chi connectivity index (χ1n) is 13.2. The van der Waals surface area contributed by atoms with Gasteiger partial charge in [0.2, 0.25) is 17.7 Å². The van der Waals surface area contributed by atoms with Gasteiger partial charge in [-0.3, -0.25) is 24.0 Å². The van der Waals surface area contributed by atoms with E-state index in [9.17, 15) is 29.1 Å². The number of Topliss-reactive ketones (excluding diaryl/α,β-unsaturated/α-hetero) is 1. The third-order valence-electron chi connectivity index (χ3n) is 8.68. The van der Waals surface area contributed by atoms with Gasteiger partial charge < -0.3 is 26.0 Å². The lowest BCUT2D eigenvalue weighted by atomic mass is 9.86. The Morgan fingerprint density at radius 2 is 1.92 bits per heavy atom. The smallest absolute Gasteiger partial charge is 0.253 e. The molecule has 4 N–H and O–H groups in total. The average Bonchev–Trinajstić information content (AvgIpc) is 3.68. The summed E-state index contributed by atoms with van der Waals surface area (Å²) in [4.78, 5) is 66.6. The normalized spacial score (nSPS) is 31.5. The number of aliphatic hydroxyl groups excluding tert-OH is 1. The average molecular weight is 511 g/mol. The molecule has 4 amide bonds. The molecule has 4 aliphatic rings. The van der Waals surface area contributed by atoms with Crippen molar-refractivity contribution in [1.82, 2.24) is 20.9 Å². The van der Waals surface area contributed by atoms with E-state index in [2.05, 4.69) is 16.0 Å². The zero-order chi connectivity index (χ0) is 26.2. The zero-order valence-corrected chi connectivity index (χ0v) is 20.8. The van der Waals surface area contributed by atoms with E-state index in [0.29, 0.717) is 31.5 Å². The molecule has 3 aliphatic heterocycles. The molecule has 1 saturated carbocycles. The van der Waals surface area contributed by atoms with E-state index in [4.69, 9.17) is 0 Å². The molecule has 10 heteroatoms. The van der Waals surface area contributed by atoms with Crippen molar-refractivity contribution in [3.63, 3.8) is 0 Å². The monoisotopic (exact) mass is 510 g/mol. The highest BCUT2D eigenvalue weighted by Gasteiger charge is 2.56. The number of fused-ring (bicyclic) bond motifs is 1. The lowest BCUT2D eigenvalue weighted by molar-refractivity contribution is -0.146. The van der Waals surface area contributed by atoms with E-state index in [-0.39, 0.29) is 42.4 Å². The van der Waals surface area contributed by atoms with Crippen molar-refractivity contribution in [3.8, 4) is 0 Å². The molecule has 6 atom stereocenters. The van der Waals surface area contributed by atoms with Crippen LogP contribution >= 0.6 is 0 Å². The van der Waals surface area contributed by atoms with E-state index in [1.807, 2.05) is 30.3 Å². The minimum atomic E-state index is -1.24. The summed E-state index contributed by atoms with van der Waals surface area (Å²) >= 11 is 0. The van der Waals surface area contributed by atoms with Gasteiger partial charge in [-0.05, 0) is 49.5 Å². The van der Waals surface area contributed by atoms with Gasteiger partial charge in [0.1, 0.15) is 18.2 Å². The summed E-state index contributed by atoms with van der Waals surface area (Å²) in [7, 11) is 0. The Bertz CT molecular complexity index is 1090. The van der Waals surface area contributed by atoms with Gasteiger partial charge in [-0.15, -0.1) is 0 Å². The second-order valence-electron chi connectivity index (χ2n) is 10.8. The van der Waals surface area contributed by atoms with Gasteiger partial charge in [0.05, 0.1) is 6.04 Å². The van der Waals surface area contributed by atoms with Crippen LogP contribution in [0, 0.1) is 17.8 Å². The first-order valence-corrected chi connectivity index (χ1v) is 13.2. The van der Waals surface area contributed by atoms with Crippen LogP contribution in [-0.2, 0) is 29.5 Å². The molecular weight excluding hydrogens is 476 g/mol. The number of likely N-dealkylation sites (tertiary alicyclic amines) is 1. The van der Waals surface area contributed by atoms with Crippen LogP contribution in [0.3, 0.4) is 0 Å². The molecule has 5 rings (SSSR count). The second kappa shape index (κ2) is 10.2. The van der Waals surface area contributed by atoms with E-state index in [1.165, 1.54) is 0 Å². The summed E-state index contributed by atoms with van der Waals surface area (Å²) in [5.74, 6) is -1.99. The topological polar surface area (TPSA) is 145 Å². The number of carbonyl (C=O) groups is 5. The van der Waals surface area contributed by atoms with Gasteiger partial charge in [0.15, 0.2) is 5.78 Å². The Hall–Kier alpha value is -3.27. The quantitative estimate of drug-likeness (QED) is 0.387. The molecule has 1 aromatic rings. The third kappa shape index (κ3) is 4.63. The molecule has 10 nitrogen and oxygen atoms in total. The van der Waals surface area contributed by atoms with E-state index < -0.39 is 41.8 Å². The van der Waals surface area contributed by atoms with Crippen LogP contribution in [0.25, 0.3) is 0 Å². The number of aliphatic hydroxyl groups is 1. The van der Waals surface area contributed by atoms with Crippen LogP contribution in [0.1, 0.15) is 50.5 Å². The minimum absolute atomic E-state index is 0.0477. The Balaban J connectivity index is 1.42. The van der Waals surface area contributed by atoms with E-state index in [0.717, 1.165) is 19.3 Å². The minimum Gasteiger partial charge on any atom is -0.389 e. The number of nitrogens with zero attached hydrogens (tertiary/aromatic N) is 1. The predicted molar refractivity (Wildman–Crippen MR) is 132 cm³/mol. The standard InChI is InChI=1S/C27H34N4O6/c32-15-21(33)20(13-16-10-12-28-24(16)35)29-25(36)23-19-8-4-5-17(19)14-31(23)26(37)27(11-9-22(34)30-27)18-6-2-1-3-7-18/h1-3,6-7,16-17,19-20,23,32H,4-5,8-15H2,(H,28,35)(H,29,36)(H,30,34)/t16-,17+,19+,20-,23-,27+/m1/s1. The molecule has 1 aliphatic carbocycles. The van der Waals surface area contributed by atoms with Crippen LogP contribution in [0.5, 0.6) is 0 Å². The van der Waals surface area contributed by atoms with E-state index in [1.54, 1.807) is 4.90 Å². The number of hydrogen-bond donors (Lipinski definition) is 4. The number of hydrogen-bond acceptors (Lipinski definition) is 6. The van der Waals surface area contributed by atoms with Crippen molar-refractivity contribution in [2.24, 2.45) is 17.8 Å². The fourth-order valence-electron chi connectivity index (χ4n) is 6.78. The number of benzene rings is 1. The Morgan fingerprint density at radius 1 is 1.14 bits per heavy atom. The largest absolute Gasteiger partial charge is 0.389 e. The van der Waals surface area contributed by atoms with Crippen LogP contribution < -0.4 is 16.0 Å². The fraction of sp³-hybridized carbons (Fsp3) is 0.593. The Morgan fingerprint density at radius 3 is 2.57 bits per heavy atom. The summed E-state index contributed by atoms with van der Waals surface area (Å²) in [6, 6.07) is 7.32. The van der Waals surface area contributed by atoms with Gasteiger partial charge in [-0.2, -0.15) is 0 Å². The second-order valence-corrected chi connectivity index (χ2v) is 10.8. The number of nitrogens with one attached hydrogen (secondary N) is 3. The molecule has 0 radical (unpaired) electrons. The van der Waals surface area contributed by atoms with Crippen LogP contribution in [0.2, 0.25) is 0 Å². The Kier molecular flexibility index (Phi) is 7.02. The molecule has 37 heavy (non-hydrogen) atoms. The molecule has 4 fully saturated rings. The van der Waals surface area contributed by atoms with E-state index >= 15 is 0 Å². The first-order chi connectivity index (χ1) is 17.8. The maximum atomic E-state index is 14.2. The van der Waals surface area contributed by atoms with Crippen LogP contribution in [-0.4, -0.2) is 71.2 Å². The van der Waals surface area contributed by atoms with Crippen LogP contribution in [0.15, 0.2) is 30.3 Å². The molecule has 0 bridgehead atoms. The summed E-state index contributed by atoms with van der Waals surface area (Å²) in [6.07, 6.45) is 3.84. The zero-order valence-electron chi connectivity index (χ0n) is 20.8. The molecule has 3 saturated heterocycles. The van der Waals surface area contributed by atoms with Crippen molar-refractivity contribution < 1.29 is 29.1 Å². The summed E-state index contributed by atoms with van der Waals surface area (Å²) < 4.78 is 0. The molecule has 1 aromatic carbocycles.